The Balaban J connectivity index is 1.68. The maximum atomic E-state index is 13.4. The van der Waals surface area contributed by atoms with Crippen LogP contribution >= 0.6 is 11.8 Å². The van der Waals surface area contributed by atoms with E-state index in [9.17, 15) is 9.59 Å². The Morgan fingerprint density at radius 2 is 1.74 bits per heavy atom. The second kappa shape index (κ2) is 9.18. The molecule has 1 aromatic heterocycles. The first kappa shape index (κ1) is 20.9. The molecule has 0 aliphatic carbocycles. The van der Waals surface area contributed by atoms with Gasteiger partial charge >= 0.3 is 0 Å². The molecule has 0 saturated heterocycles. The van der Waals surface area contributed by atoms with Crippen LogP contribution in [-0.4, -0.2) is 21.2 Å². The van der Waals surface area contributed by atoms with Crippen molar-refractivity contribution in [2.45, 2.75) is 30.8 Å². The first-order chi connectivity index (χ1) is 15.1. The largest absolute Gasteiger partial charge is 0.325 e. The molecule has 4 aromatic rings. The number of hydrogen-bond acceptors (Lipinski definition) is 4. The molecule has 0 radical (unpaired) electrons. The number of imidazole rings is 1. The molecule has 0 aliphatic rings. The lowest BCUT2D eigenvalue weighted by Gasteiger charge is -2.17. The van der Waals surface area contributed by atoms with Gasteiger partial charge in [0.05, 0.1) is 11.0 Å². The molecule has 0 spiro atoms. The van der Waals surface area contributed by atoms with Crippen LogP contribution in [-0.2, 0) is 11.3 Å². The number of thioether (sulfide) groups is 1. The van der Waals surface area contributed by atoms with Gasteiger partial charge in [-0.3, -0.25) is 9.59 Å². The van der Waals surface area contributed by atoms with Gasteiger partial charge in [0, 0.05) is 17.8 Å². The number of ketones is 1. The van der Waals surface area contributed by atoms with E-state index < -0.39 is 5.25 Å². The fraction of sp³-hybridized carbons (Fsp3) is 0.160. The zero-order valence-electron chi connectivity index (χ0n) is 17.4. The summed E-state index contributed by atoms with van der Waals surface area (Å²) in [4.78, 5) is 29.8. The van der Waals surface area contributed by atoms with Crippen LogP contribution in [0.25, 0.3) is 11.0 Å². The van der Waals surface area contributed by atoms with E-state index in [2.05, 4.69) is 16.8 Å². The van der Waals surface area contributed by atoms with E-state index in [-0.39, 0.29) is 11.7 Å². The van der Waals surface area contributed by atoms with Crippen molar-refractivity contribution in [2.75, 3.05) is 5.32 Å². The Labute approximate surface area is 185 Å². The van der Waals surface area contributed by atoms with Gasteiger partial charge in [-0.2, -0.15) is 0 Å². The number of rotatable bonds is 7. The number of aryl methyl sites for hydroxylation is 1. The van der Waals surface area contributed by atoms with E-state index in [0.29, 0.717) is 11.3 Å². The number of aromatic nitrogens is 2. The van der Waals surface area contributed by atoms with Gasteiger partial charge < -0.3 is 9.88 Å². The van der Waals surface area contributed by atoms with Crippen molar-refractivity contribution in [1.29, 1.82) is 0 Å². The van der Waals surface area contributed by atoms with Crippen molar-refractivity contribution in [3.8, 4) is 0 Å². The van der Waals surface area contributed by atoms with Crippen LogP contribution in [0.2, 0.25) is 0 Å². The van der Waals surface area contributed by atoms with Crippen molar-refractivity contribution in [1.82, 2.24) is 9.55 Å². The number of nitrogens with one attached hydrogen (secondary N) is 1. The monoisotopic (exact) mass is 429 g/mol. The molecule has 0 fully saturated rings. The van der Waals surface area contributed by atoms with E-state index >= 15 is 0 Å². The Hall–Kier alpha value is -3.38. The fourth-order valence-electron chi connectivity index (χ4n) is 3.48. The molecule has 31 heavy (non-hydrogen) atoms. The molecule has 5 nitrogen and oxygen atoms in total. The van der Waals surface area contributed by atoms with E-state index in [1.54, 1.807) is 24.3 Å². The van der Waals surface area contributed by atoms with Gasteiger partial charge in [-0.1, -0.05) is 66.4 Å². The number of fused-ring (bicyclic) bond motifs is 1. The van der Waals surface area contributed by atoms with Crippen LogP contribution in [0.3, 0.4) is 0 Å². The molecule has 1 unspecified atom stereocenters. The Bertz CT molecular complexity index is 1230. The molecule has 4 rings (SSSR count). The lowest BCUT2D eigenvalue weighted by atomic mass is 10.1. The number of amides is 1. The molecule has 0 aliphatic heterocycles. The molecule has 0 saturated carbocycles. The highest BCUT2D eigenvalue weighted by molar-refractivity contribution is 8.00. The second-order valence-corrected chi connectivity index (χ2v) is 8.23. The van der Waals surface area contributed by atoms with Gasteiger partial charge in [0.15, 0.2) is 10.9 Å². The molecule has 0 bridgehead atoms. The minimum absolute atomic E-state index is 0.0400. The van der Waals surface area contributed by atoms with Crippen LogP contribution in [0.4, 0.5) is 5.69 Å². The van der Waals surface area contributed by atoms with Crippen LogP contribution in [0.15, 0.2) is 84.0 Å². The minimum atomic E-state index is -0.496. The van der Waals surface area contributed by atoms with E-state index in [4.69, 9.17) is 4.98 Å². The normalized spacial score (nSPS) is 11.9. The number of benzene rings is 3. The van der Waals surface area contributed by atoms with Crippen molar-refractivity contribution >= 4 is 40.2 Å². The average Bonchev–Trinajstić information content (AvgIpc) is 3.15. The first-order valence-corrected chi connectivity index (χ1v) is 11.0. The van der Waals surface area contributed by atoms with Crippen LogP contribution in [0.1, 0.15) is 35.0 Å². The molecule has 1 atom stereocenters. The molecular weight excluding hydrogens is 406 g/mol. The lowest BCUT2D eigenvalue weighted by molar-refractivity contribution is -0.115. The standard InChI is InChI=1S/C25H23N3O2S/c1-3-28-22-15-8-7-14-21(22)27-25(28)31-23(18-10-5-4-6-11-18)24(30)26-20-13-9-12-19(16-20)17(2)29/h4-16,23H,3H2,1-2H3,(H,26,30). The quantitative estimate of drug-likeness (QED) is 0.301. The number of anilines is 1. The summed E-state index contributed by atoms with van der Waals surface area (Å²) in [6.07, 6.45) is 0. The summed E-state index contributed by atoms with van der Waals surface area (Å²) in [5.41, 5.74) is 4.02. The van der Waals surface area contributed by atoms with Crippen LogP contribution < -0.4 is 5.32 Å². The Morgan fingerprint density at radius 1 is 1.00 bits per heavy atom. The number of hydrogen-bond donors (Lipinski definition) is 1. The summed E-state index contributed by atoms with van der Waals surface area (Å²) in [6, 6.07) is 24.7. The van der Waals surface area contributed by atoms with Crippen molar-refractivity contribution in [3.05, 3.63) is 90.0 Å². The summed E-state index contributed by atoms with van der Waals surface area (Å²) >= 11 is 1.43. The number of carbonyl (C=O) groups is 2. The van der Waals surface area contributed by atoms with Crippen molar-refractivity contribution in [3.63, 3.8) is 0 Å². The maximum absolute atomic E-state index is 13.4. The van der Waals surface area contributed by atoms with Gasteiger partial charge in [-0.15, -0.1) is 0 Å². The van der Waals surface area contributed by atoms with E-state index in [0.717, 1.165) is 28.3 Å². The van der Waals surface area contributed by atoms with E-state index in [1.807, 2.05) is 54.6 Å². The lowest BCUT2D eigenvalue weighted by Crippen LogP contribution is -2.19. The third-order valence-corrected chi connectivity index (χ3v) is 6.28. The molecule has 1 N–H and O–H groups in total. The number of nitrogens with zero attached hydrogens (tertiary/aromatic N) is 2. The third kappa shape index (κ3) is 4.54. The maximum Gasteiger partial charge on any atom is 0.242 e. The van der Waals surface area contributed by atoms with Crippen molar-refractivity contribution in [2.24, 2.45) is 0 Å². The molecule has 3 aromatic carbocycles. The predicted octanol–water partition coefficient (Wildman–Crippen LogP) is 5.73. The Morgan fingerprint density at radius 3 is 2.48 bits per heavy atom. The van der Waals surface area contributed by atoms with Gasteiger partial charge in [0.2, 0.25) is 5.91 Å². The Kier molecular flexibility index (Phi) is 6.18. The minimum Gasteiger partial charge on any atom is -0.325 e. The summed E-state index contributed by atoms with van der Waals surface area (Å²) in [5, 5.41) is 3.28. The number of carbonyl (C=O) groups excluding carboxylic acids is 2. The number of para-hydroxylation sites is 2. The van der Waals surface area contributed by atoms with Crippen LogP contribution in [0.5, 0.6) is 0 Å². The SMILES string of the molecule is CCn1c(SC(C(=O)Nc2cccc(C(C)=O)c2)c2ccccc2)nc2ccccc21. The van der Waals surface area contributed by atoms with E-state index in [1.165, 1.54) is 18.7 Å². The second-order valence-electron chi connectivity index (χ2n) is 7.16. The molecule has 1 amide bonds. The fourth-order valence-corrected chi connectivity index (χ4v) is 4.65. The van der Waals surface area contributed by atoms with Gasteiger partial charge in [0.25, 0.3) is 0 Å². The first-order valence-electron chi connectivity index (χ1n) is 10.2. The summed E-state index contributed by atoms with van der Waals surface area (Å²) in [5.74, 6) is -0.201. The topological polar surface area (TPSA) is 64.0 Å². The van der Waals surface area contributed by atoms with Gasteiger partial charge in [-0.25, -0.2) is 4.98 Å². The molecular formula is C25H23N3O2S. The summed E-state index contributed by atoms with van der Waals surface area (Å²) in [6.45, 7) is 4.34. The zero-order valence-corrected chi connectivity index (χ0v) is 18.2. The summed E-state index contributed by atoms with van der Waals surface area (Å²) < 4.78 is 2.12. The molecule has 156 valence electrons. The van der Waals surface area contributed by atoms with Crippen molar-refractivity contribution < 1.29 is 9.59 Å². The number of Topliss-reactive ketones (excluding diaryl/α,β-unsaturated/α-hetero) is 1. The average molecular weight is 430 g/mol. The highest BCUT2D eigenvalue weighted by Crippen LogP contribution is 2.37. The molecule has 6 heteroatoms. The van der Waals surface area contributed by atoms with Gasteiger partial charge in [0.1, 0.15) is 5.25 Å². The summed E-state index contributed by atoms with van der Waals surface area (Å²) in [7, 11) is 0. The van der Waals surface area contributed by atoms with Gasteiger partial charge in [-0.05, 0) is 43.7 Å². The third-order valence-electron chi connectivity index (χ3n) is 5.04. The van der Waals surface area contributed by atoms with Crippen LogP contribution in [0, 0.1) is 0 Å². The highest BCUT2D eigenvalue weighted by Gasteiger charge is 2.25. The zero-order chi connectivity index (χ0) is 21.8. The smallest absolute Gasteiger partial charge is 0.242 e. The molecule has 1 heterocycles. The highest BCUT2D eigenvalue weighted by atomic mass is 32.2. The predicted molar refractivity (Wildman–Crippen MR) is 126 cm³/mol.